The summed E-state index contributed by atoms with van der Waals surface area (Å²) < 4.78 is 4.31. The molecular weight excluding hydrogens is 124 g/mol. The van der Waals surface area contributed by atoms with E-state index in [1.807, 2.05) is 0 Å². The molecule has 9 heavy (non-hydrogen) atoms. The Kier molecular flexibility index (Phi) is 9.21. The van der Waals surface area contributed by atoms with Crippen LogP contribution >= 0.6 is 0 Å². The van der Waals surface area contributed by atoms with Crippen LogP contribution in [-0.4, -0.2) is 29.6 Å². The highest BCUT2D eigenvalue weighted by atomic mass is 16.6. The number of aliphatic hydroxyl groups is 1. The third kappa shape index (κ3) is 111. The van der Waals surface area contributed by atoms with Gasteiger partial charge in [0.05, 0.1) is 0 Å². The highest BCUT2D eigenvalue weighted by molar-refractivity contribution is 5.62. The third-order valence-electron chi connectivity index (χ3n) is 0.341. The Morgan fingerprint density at radius 3 is 1.78 bits per heavy atom. The van der Waals surface area contributed by atoms with Crippen LogP contribution in [0.4, 0.5) is 0 Å². The molecule has 0 amide bonds. The van der Waals surface area contributed by atoms with Gasteiger partial charge in [0.1, 0.15) is 0 Å². The van der Waals surface area contributed by atoms with Gasteiger partial charge in [-0.25, -0.2) is 0 Å². The minimum atomic E-state index is -0.833. The first kappa shape index (κ1) is 11.2. The number of carboxylic acid groups (broad SMARTS) is 1. The Hall–Kier alpha value is -0.610. The molecule has 0 aliphatic heterocycles. The van der Waals surface area contributed by atoms with Gasteiger partial charge in [0.25, 0.3) is 5.97 Å². The van der Waals surface area contributed by atoms with Crippen molar-refractivity contribution in [2.75, 3.05) is 7.11 Å². The van der Waals surface area contributed by atoms with Crippen molar-refractivity contribution in [3.8, 4) is 0 Å². The van der Waals surface area contributed by atoms with Crippen molar-refractivity contribution in [2.24, 2.45) is 0 Å². The first-order chi connectivity index (χ1) is 4.00. The van der Waals surface area contributed by atoms with Crippen LogP contribution in [0.5, 0.6) is 0 Å². The zero-order chi connectivity index (χ0) is 7.86. The zero-order valence-electron chi connectivity index (χ0n) is 5.79. The average molecular weight is 136 g/mol. The van der Waals surface area contributed by atoms with Gasteiger partial charge in [-0.05, 0) is 6.92 Å². The monoisotopic (exact) mass is 136 g/mol. The Labute approximate surface area is 54.1 Å². The number of carbonyl (C=O) groups is 1. The smallest absolute Gasteiger partial charge is 0.300 e. The van der Waals surface area contributed by atoms with Crippen LogP contribution in [0.3, 0.4) is 0 Å². The number of hydrogen-bond donors (Lipinski definition) is 2. The maximum atomic E-state index is 9.00. The van der Waals surface area contributed by atoms with Gasteiger partial charge in [-0.1, -0.05) is 0 Å². The molecule has 56 valence electrons. The summed E-state index contributed by atoms with van der Waals surface area (Å²) in [6.07, 6.45) is -0.616. The van der Waals surface area contributed by atoms with Gasteiger partial charge in [0, 0.05) is 14.0 Å². The first-order valence-corrected chi connectivity index (χ1v) is 2.41. The SMILES string of the molecule is CC(=O)O.COC(C)O. The molecule has 2 N–H and O–H groups in total. The van der Waals surface area contributed by atoms with Gasteiger partial charge in [-0.15, -0.1) is 0 Å². The van der Waals surface area contributed by atoms with E-state index in [1.54, 1.807) is 6.92 Å². The van der Waals surface area contributed by atoms with Crippen molar-refractivity contribution in [3.63, 3.8) is 0 Å². The predicted molar refractivity (Wildman–Crippen MR) is 32.0 cm³/mol. The van der Waals surface area contributed by atoms with Crippen molar-refractivity contribution in [1.29, 1.82) is 0 Å². The number of carboxylic acids is 1. The third-order valence-corrected chi connectivity index (χ3v) is 0.341. The van der Waals surface area contributed by atoms with Gasteiger partial charge in [0.2, 0.25) is 0 Å². The Morgan fingerprint density at radius 2 is 1.78 bits per heavy atom. The normalized spacial score (nSPS) is 11.1. The van der Waals surface area contributed by atoms with E-state index in [1.165, 1.54) is 7.11 Å². The molecule has 0 spiro atoms. The van der Waals surface area contributed by atoms with Crippen molar-refractivity contribution >= 4 is 5.97 Å². The fraction of sp³-hybridized carbons (Fsp3) is 0.800. The number of rotatable bonds is 1. The quantitative estimate of drug-likeness (QED) is 0.500. The van der Waals surface area contributed by atoms with Crippen LogP contribution in [-0.2, 0) is 9.53 Å². The van der Waals surface area contributed by atoms with Gasteiger partial charge in [-0.3, -0.25) is 4.79 Å². The molecule has 0 saturated heterocycles. The molecule has 1 atom stereocenters. The molecule has 0 fully saturated rings. The van der Waals surface area contributed by atoms with E-state index in [0.29, 0.717) is 0 Å². The largest absolute Gasteiger partial charge is 0.481 e. The molecule has 0 aliphatic carbocycles. The van der Waals surface area contributed by atoms with Crippen LogP contribution in [0, 0.1) is 0 Å². The second kappa shape index (κ2) is 7.39. The van der Waals surface area contributed by atoms with Gasteiger partial charge >= 0.3 is 0 Å². The van der Waals surface area contributed by atoms with Gasteiger partial charge in [-0.2, -0.15) is 0 Å². The van der Waals surface area contributed by atoms with Crippen LogP contribution < -0.4 is 0 Å². The summed E-state index contributed by atoms with van der Waals surface area (Å²) in [4.78, 5) is 9.00. The van der Waals surface area contributed by atoms with Gasteiger partial charge < -0.3 is 14.9 Å². The summed E-state index contributed by atoms with van der Waals surface area (Å²) in [6.45, 7) is 2.64. The number of aliphatic carboxylic acids is 1. The maximum absolute atomic E-state index is 9.00. The molecule has 0 aliphatic rings. The molecule has 0 saturated carbocycles. The molecule has 0 aromatic carbocycles. The lowest BCUT2D eigenvalue weighted by molar-refractivity contribution is -0.134. The standard InChI is InChI=1S/C3H8O2.C2H4O2/c1-3(4)5-2;1-2(3)4/h3-4H,1-2H3;1H3,(H,3,4). The fourth-order valence-corrected chi connectivity index (χ4v) is 0. The molecule has 0 rings (SSSR count). The number of ether oxygens (including phenoxy) is 1. The lowest BCUT2D eigenvalue weighted by Crippen LogP contribution is -1.99. The lowest BCUT2D eigenvalue weighted by Gasteiger charge is -1.94. The van der Waals surface area contributed by atoms with E-state index in [0.717, 1.165) is 6.92 Å². The average Bonchev–Trinajstić information content (AvgIpc) is 1.65. The molecule has 0 aromatic rings. The minimum absolute atomic E-state index is 0.616. The molecule has 4 nitrogen and oxygen atoms in total. The van der Waals surface area contributed by atoms with E-state index in [4.69, 9.17) is 15.0 Å². The predicted octanol–water partition coefficient (Wildman–Crippen LogP) is 0.0620. The topological polar surface area (TPSA) is 66.8 Å². The second-order valence-electron chi connectivity index (χ2n) is 1.35. The van der Waals surface area contributed by atoms with E-state index >= 15 is 0 Å². The number of methoxy groups -OCH3 is 1. The summed E-state index contributed by atoms with van der Waals surface area (Å²) >= 11 is 0. The van der Waals surface area contributed by atoms with Gasteiger partial charge in [0.15, 0.2) is 6.29 Å². The van der Waals surface area contributed by atoms with Crippen molar-refractivity contribution in [3.05, 3.63) is 0 Å². The molecule has 4 heteroatoms. The Balaban J connectivity index is 0. The van der Waals surface area contributed by atoms with Crippen LogP contribution in [0.25, 0.3) is 0 Å². The van der Waals surface area contributed by atoms with Crippen molar-refractivity contribution in [1.82, 2.24) is 0 Å². The minimum Gasteiger partial charge on any atom is -0.481 e. The maximum Gasteiger partial charge on any atom is 0.300 e. The summed E-state index contributed by atoms with van der Waals surface area (Å²) in [6, 6.07) is 0. The van der Waals surface area contributed by atoms with Crippen molar-refractivity contribution in [2.45, 2.75) is 20.1 Å². The molecule has 1 unspecified atom stereocenters. The molecule has 0 heterocycles. The van der Waals surface area contributed by atoms with Crippen LogP contribution in [0.2, 0.25) is 0 Å². The fourth-order valence-electron chi connectivity index (χ4n) is 0. The Morgan fingerprint density at radius 1 is 1.67 bits per heavy atom. The summed E-state index contributed by atoms with van der Waals surface area (Å²) in [5.41, 5.74) is 0. The van der Waals surface area contributed by atoms with Crippen LogP contribution in [0.15, 0.2) is 0 Å². The van der Waals surface area contributed by atoms with E-state index in [2.05, 4.69) is 4.74 Å². The van der Waals surface area contributed by atoms with E-state index in [-0.39, 0.29) is 0 Å². The highest BCUT2D eigenvalue weighted by Crippen LogP contribution is 1.72. The lowest BCUT2D eigenvalue weighted by atomic mass is 10.8. The molecule has 0 radical (unpaired) electrons. The number of hydrogen-bond acceptors (Lipinski definition) is 3. The van der Waals surface area contributed by atoms with E-state index in [9.17, 15) is 0 Å². The number of aliphatic hydroxyl groups excluding tert-OH is 1. The zero-order valence-corrected chi connectivity index (χ0v) is 5.79. The summed E-state index contributed by atoms with van der Waals surface area (Å²) in [5.74, 6) is -0.833. The molecule has 0 aromatic heterocycles. The molecular formula is C5H12O4. The highest BCUT2D eigenvalue weighted by Gasteiger charge is 1.80. The summed E-state index contributed by atoms with van der Waals surface area (Å²) in [7, 11) is 1.45. The van der Waals surface area contributed by atoms with E-state index < -0.39 is 12.3 Å². The van der Waals surface area contributed by atoms with Crippen LogP contribution in [0.1, 0.15) is 13.8 Å². The van der Waals surface area contributed by atoms with Crippen molar-refractivity contribution < 1.29 is 19.7 Å². The second-order valence-corrected chi connectivity index (χ2v) is 1.35. The first-order valence-electron chi connectivity index (χ1n) is 2.41. The Bertz CT molecular complexity index is 65.4. The summed E-state index contributed by atoms with van der Waals surface area (Å²) in [5, 5.41) is 15.6. The molecule has 0 bridgehead atoms.